The van der Waals surface area contributed by atoms with Gasteiger partial charge in [-0.15, -0.1) is 0 Å². The highest BCUT2D eigenvalue weighted by Crippen LogP contribution is 2.51. The zero-order chi connectivity index (χ0) is 22.5. The number of hydrogen-bond donors (Lipinski definition) is 1. The van der Waals surface area contributed by atoms with Gasteiger partial charge in [-0.1, -0.05) is 41.9 Å². The molecular formula is C25H18ClFN4O2. The summed E-state index contributed by atoms with van der Waals surface area (Å²) < 4.78 is 28.7. The fourth-order valence-electron chi connectivity index (χ4n) is 4.49. The van der Waals surface area contributed by atoms with Crippen molar-refractivity contribution in [2.45, 2.75) is 12.1 Å². The number of nitrogens with zero attached hydrogens (tertiary/aromatic N) is 3. The van der Waals surface area contributed by atoms with E-state index in [9.17, 15) is 0 Å². The molecule has 0 amide bonds. The fraction of sp³-hybridized carbons (Fsp3) is 0.120. The third kappa shape index (κ3) is 3.15. The van der Waals surface area contributed by atoms with E-state index in [1.54, 1.807) is 30.0 Å². The molecule has 0 radical (unpaired) electrons. The number of halogens is 2. The van der Waals surface area contributed by atoms with E-state index in [1.807, 2.05) is 42.5 Å². The number of benzene rings is 3. The molecule has 0 aliphatic carbocycles. The molecule has 1 aromatic heterocycles. The van der Waals surface area contributed by atoms with E-state index in [0.717, 1.165) is 28.1 Å². The Hall–Kier alpha value is -3.84. The van der Waals surface area contributed by atoms with Crippen molar-refractivity contribution in [3.05, 3.63) is 106 Å². The lowest BCUT2D eigenvalue weighted by molar-refractivity contribution is 0.222. The van der Waals surface area contributed by atoms with Gasteiger partial charge in [-0.05, 0) is 42.0 Å². The van der Waals surface area contributed by atoms with Crippen molar-refractivity contribution in [2.75, 3.05) is 12.4 Å². The lowest BCUT2D eigenvalue weighted by Gasteiger charge is -2.39. The number of ether oxygens (including phenoxy) is 2. The Morgan fingerprint density at radius 2 is 1.91 bits per heavy atom. The summed E-state index contributed by atoms with van der Waals surface area (Å²) in [6.07, 6.45) is 0.950. The molecule has 8 heteroatoms. The molecule has 0 saturated carbocycles. The van der Waals surface area contributed by atoms with E-state index in [0.29, 0.717) is 22.3 Å². The van der Waals surface area contributed by atoms with Crippen molar-refractivity contribution in [2.24, 2.45) is 0 Å². The van der Waals surface area contributed by atoms with Crippen LogP contribution < -0.4 is 14.8 Å². The molecule has 6 rings (SSSR count). The van der Waals surface area contributed by atoms with Crippen LogP contribution in [0.25, 0.3) is 5.70 Å². The van der Waals surface area contributed by atoms with Crippen LogP contribution in [0.1, 0.15) is 28.8 Å². The number of aromatic nitrogens is 3. The molecular weight excluding hydrogens is 443 g/mol. The van der Waals surface area contributed by atoms with E-state index >= 15 is 4.39 Å². The summed E-state index contributed by atoms with van der Waals surface area (Å²) in [6.45, 7) is 0. The van der Waals surface area contributed by atoms with Crippen LogP contribution in [0.15, 0.2) is 78.6 Å². The smallest absolute Gasteiger partial charge is 0.226 e. The second-order valence-corrected chi connectivity index (χ2v) is 8.26. The minimum absolute atomic E-state index is 0.330. The van der Waals surface area contributed by atoms with Gasteiger partial charge >= 0.3 is 0 Å². The highest BCUT2D eigenvalue weighted by atomic mass is 35.5. The molecule has 164 valence electrons. The van der Waals surface area contributed by atoms with Crippen molar-refractivity contribution in [3.8, 4) is 11.5 Å². The van der Waals surface area contributed by atoms with Crippen LogP contribution >= 0.6 is 11.6 Å². The first-order valence-corrected chi connectivity index (χ1v) is 10.8. The van der Waals surface area contributed by atoms with E-state index in [4.69, 9.17) is 21.1 Å². The molecule has 0 unspecified atom stereocenters. The van der Waals surface area contributed by atoms with Crippen LogP contribution in [0, 0.1) is 5.82 Å². The molecule has 3 heterocycles. The Morgan fingerprint density at radius 1 is 1.09 bits per heavy atom. The standard InChI is InChI=1S/C25H18ClFN4O2/c1-32-16-9-6-14(7-10-16)24-21-22(18-12-15(26)8-11-20(18)33-24)30-25-28-13-29-31(25)23(21)17-4-2-3-5-19(17)27/h2-13,23-24H,1H3,(H,28,29,30)/t23-,24-/m1/s1. The summed E-state index contributed by atoms with van der Waals surface area (Å²) >= 11 is 6.34. The van der Waals surface area contributed by atoms with Crippen molar-refractivity contribution in [3.63, 3.8) is 0 Å². The van der Waals surface area contributed by atoms with Gasteiger partial charge in [-0.2, -0.15) is 10.1 Å². The quantitative estimate of drug-likeness (QED) is 0.428. The largest absolute Gasteiger partial charge is 0.497 e. The molecule has 2 aliphatic heterocycles. The molecule has 2 atom stereocenters. The van der Waals surface area contributed by atoms with E-state index in [-0.39, 0.29) is 5.82 Å². The molecule has 0 fully saturated rings. The molecule has 6 nitrogen and oxygen atoms in total. The van der Waals surface area contributed by atoms with E-state index in [1.165, 1.54) is 12.4 Å². The van der Waals surface area contributed by atoms with Crippen molar-refractivity contribution in [1.82, 2.24) is 14.8 Å². The number of anilines is 1. The van der Waals surface area contributed by atoms with Gasteiger partial charge < -0.3 is 14.8 Å². The second kappa shape index (κ2) is 7.64. The average molecular weight is 461 g/mol. The monoisotopic (exact) mass is 460 g/mol. The van der Waals surface area contributed by atoms with Gasteiger partial charge in [0, 0.05) is 21.7 Å². The normalized spacial score (nSPS) is 18.5. The summed E-state index contributed by atoms with van der Waals surface area (Å²) in [4.78, 5) is 4.36. The fourth-order valence-corrected chi connectivity index (χ4v) is 4.66. The lowest BCUT2D eigenvalue weighted by atomic mass is 9.84. The SMILES string of the molecule is COc1ccc([C@H]2Oc3ccc(Cl)cc3C3=C2[C@@H](c2ccccc2F)n2ncnc2N3)cc1. The highest BCUT2D eigenvalue weighted by molar-refractivity contribution is 6.30. The zero-order valence-corrected chi connectivity index (χ0v) is 18.3. The number of rotatable bonds is 3. The number of nitrogens with one attached hydrogen (secondary N) is 1. The molecule has 4 aromatic rings. The van der Waals surface area contributed by atoms with Crippen LogP contribution in [-0.2, 0) is 0 Å². The lowest BCUT2D eigenvalue weighted by Crippen LogP contribution is -2.32. The molecule has 3 aromatic carbocycles. The predicted molar refractivity (Wildman–Crippen MR) is 123 cm³/mol. The molecule has 2 aliphatic rings. The number of hydrogen-bond acceptors (Lipinski definition) is 5. The van der Waals surface area contributed by atoms with Crippen LogP contribution in [-0.4, -0.2) is 21.9 Å². The highest BCUT2D eigenvalue weighted by Gasteiger charge is 2.41. The van der Waals surface area contributed by atoms with Gasteiger partial charge in [-0.25, -0.2) is 9.07 Å². The van der Waals surface area contributed by atoms with Crippen molar-refractivity contribution in [1.29, 1.82) is 0 Å². The van der Waals surface area contributed by atoms with E-state index < -0.39 is 12.1 Å². The maximum Gasteiger partial charge on any atom is 0.226 e. The Kier molecular flexibility index (Phi) is 4.58. The molecule has 0 bridgehead atoms. The number of fused-ring (bicyclic) bond motifs is 3. The zero-order valence-electron chi connectivity index (χ0n) is 17.5. The van der Waals surface area contributed by atoms with Crippen LogP contribution in [0.3, 0.4) is 0 Å². The minimum Gasteiger partial charge on any atom is -0.497 e. The van der Waals surface area contributed by atoms with Gasteiger partial charge in [0.15, 0.2) is 0 Å². The first-order chi connectivity index (χ1) is 16.1. The predicted octanol–water partition coefficient (Wildman–Crippen LogP) is 5.64. The van der Waals surface area contributed by atoms with Gasteiger partial charge in [0.05, 0.1) is 12.8 Å². The first kappa shape index (κ1) is 19.8. The molecule has 1 N–H and O–H groups in total. The summed E-state index contributed by atoms with van der Waals surface area (Å²) in [7, 11) is 1.62. The Bertz CT molecular complexity index is 1400. The maximum atomic E-state index is 15.1. The molecule has 0 saturated heterocycles. The summed E-state index contributed by atoms with van der Waals surface area (Å²) in [5.41, 5.74) is 3.77. The van der Waals surface area contributed by atoms with Gasteiger partial charge in [0.2, 0.25) is 5.95 Å². The first-order valence-electron chi connectivity index (χ1n) is 10.4. The van der Waals surface area contributed by atoms with Gasteiger partial charge in [0.25, 0.3) is 0 Å². The summed E-state index contributed by atoms with van der Waals surface area (Å²) in [5.74, 6) is 1.60. The van der Waals surface area contributed by atoms with Crippen LogP contribution in [0.5, 0.6) is 11.5 Å². The third-order valence-electron chi connectivity index (χ3n) is 5.99. The van der Waals surface area contributed by atoms with E-state index in [2.05, 4.69) is 15.4 Å². The van der Waals surface area contributed by atoms with Gasteiger partial charge in [0.1, 0.15) is 35.8 Å². The molecule has 0 spiro atoms. The summed E-state index contributed by atoms with van der Waals surface area (Å²) in [5, 5.41) is 8.38. The maximum absolute atomic E-state index is 15.1. The Labute approximate surface area is 194 Å². The average Bonchev–Trinajstić information content (AvgIpc) is 3.31. The van der Waals surface area contributed by atoms with Crippen LogP contribution in [0.2, 0.25) is 5.02 Å². The van der Waals surface area contributed by atoms with Gasteiger partial charge in [-0.3, -0.25) is 0 Å². The summed E-state index contributed by atoms with van der Waals surface area (Å²) in [6, 6.07) is 19.3. The van der Waals surface area contributed by atoms with Crippen molar-refractivity contribution >= 4 is 23.2 Å². The molecule has 33 heavy (non-hydrogen) atoms. The number of methoxy groups -OCH3 is 1. The Balaban J connectivity index is 1.63. The van der Waals surface area contributed by atoms with Crippen LogP contribution in [0.4, 0.5) is 10.3 Å². The second-order valence-electron chi connectivity index (χ2n) is 7.82. The minimum atomic E-state index is -0.570. The van der Waals surface area contributed by atoms with Crippen molar-refractivity contribution < 1.29 is 13.9 Å². The third-order valence-corrected chi connectivity index (χ3v) is 6.23. The topological polar surface area (TPSA) is 61.2 Å². The Morgan fingerprint density at radius 3 is 2.70 bits per heavy atom.